The first kappa shape index (κ1) is 17.9. The molecule has 2 N–H and O–H groups in total. The fourth-order valence-electron chi connectivity index (χ4n) is 4.10. The predicted octanol–water partition coefficient (Wildman–Crippen LogP) is 1.04. The molecular weight excluding hydrogens is 354 g/mol. The van der Waals surface area contributed by atoms with E-state index in [0.29, 0.717) is 32.0 Å². The minimum atomic E-state index is -3.56. The van der Waals surface area contributed by atoms with Gasteiger partial charge in [-0.25, -0.2) is 8.42 Å². The normalized spacial score (nSPS) is 25.8. The highest BCUT2D eigenvalue weighted by molar-refractivity contribution is 7.89. The number of morpholine rings is 1. The van der Waals surface area contributed by atoms with E-state index >= 15 is 0 Å². The average molecular weight is 379 g/mol. The topological polar surface area (TPSA) is 87.7 Å². The van der Waals surface area contributed by atoms with E-state index < -0.39 is 10.0 Å². The quantitative estimate of drug-likeness (QED) is 0.816. The van der Waals surface area contributed by atoms with Crippen molar-refractivity contribution >= 4 is 21.6 Å². The first-order valence-electron chi connectivity index (χ1n) is 9.21. The summed E-state index contributed by atoms with van der Waals surface area (Å²) in [5.74, 6) is 0.0527. The zero-order valence-electron chi connectivity index (χ0n) is 14.7. The molecule has 3 aliphatic rings. The molecule has 1 aromatic rings. The average Bonchev–Trinajstić information content (AvgIpc) is 3.36. The van der Waals surface area contributed by atoms with Gasteiger partial charge in [0.15, 0.2) is 0 Å². The number of sulfonamides is 1. The van der Waals surface area contributed by atoms with Gasteiger partial charge in [-0.2, -0.15) is 4.31 Å². The lowest BCUT2D eigenvalue weighted by Gasteiger charge is -2.26. The van der Waals surface area contributed by atoms with Crippen LogP contribution in [0.3, 0.4) is 0 Å². The van der Waals surface area contributed by atoms with Crippen LogP contribution in [0.4, 0.5) is 5.69 Å². The number of carbonyl (C=O) groups excluding carboxylic acids is 1. The third-order valence-electron chi connectivity index (χ3n) is 5.81. The zero-order valence-corrected chi connectivity index (χ0v) is 15.6. The van der Waals surface area contributed by atoms with E-state index in [1.165, 1.54) is 4.31 Å². The van der Waals surface area contributed by atoms with Gasteiger partial charge in [0.05, 0.1) is 18.1 Å². The Hall–Kier alpha value is -1.48. The maximum absolute atomic E-state index is 12.8. The number of rotatable bonds is 4. The van der Waals surface area contributed by atoms with E-state index in [0.717, 1.165) is 32.4 Å². The van der Waals surface area contributed by atoms with E-state index in [2.05, 4.69) is 10.6 Å². The Balaban J connectivity index is 1.45. The molecule has 0 aromatic heterocycles. The van der Waals surface area contributed by atoms with Gasteiger partial charge in [-0.05, 0) is 56.0 Å². The van der Waals surface area contributed by atoms with Crippen molar-refractivity contribution in [3.05, 3.63) is 24.3 Å². The van der Waals surface area contributed by atoms with Crippen LogP contribution in [0.1, 0.15) is 19.3 Å². The summed E-state index contributed by atoms with van der Waals surface area (Å²) in [5.41, 5.74) is 0.702. The summed E-state index contributed by atoms with van der Waals surface area (Å²) in [6, 6.07) is 6.55. The Morgan fingerprint density at radius 2 is 1.96 bits per heavy atom. The molecule has 3 fully saturated rings. The van der Waals surface area contributed by atoms with Crippen LogP contribution in [-0.2, 0) is 19.6 Å². The molecule has 142 valence electrons. The van der Waals surface area contributed by atoms with Crippen molar-refractivity contribution in [3.8, 4) is 0 Å². The van der Waals surface area contributed by atoms with Crippen LogP contribution in [-0.4, -0.2) is 58.0 Å². The molecule has 4 rings (SSSR count). The lowest BCUT2D eigenvalue weighted by Crippen LogP contribution is -2.40. The number of ether oxygens (including phenoxy) is 1. The van der Waals surface area contributed by atoms with Gasteiger partial charge >= 0.3 is 0 Å². The van der Waals surface area contributed by atoms with Gasteiger partial charge in [0.1, 0.15) is 0 Å². The molecule has 1 aromatic carbocycles. The van der Waals surface area contributed by atoms with E-state index in [9.17, 15) is 13.2 Å². The van der Waals surface area contributed by atoms with Crippen LogP contribution >= 0.6 is 0 Å². The molecule has 8 heteroatoms. The fourth-order valence-corrected chi connectivity index (χ4v) is 5.55. The van der Waals surface area contributed by atoms with Crippen LogP contribution < -0.4 is 10.6 Å². The minimum Gasteiger partial charge on any atom is -0.379 e. The smallest absolute Gasteiger partial charge is 0.243 e. The minimum absolute atomic E-state index is 0.00724. The van der Waals surface area contributed by atoms with Crippen molar-refractivity contribution in [2.24, 2.45) is 11.3 Å². The largest absolute Gasteiger partial charge is 0.379 e. The SMILES string of the molecule is O=C(Nc1cccc(S(=O)(=O)N2CCOCC2)c1)C1CC12CCNCC2. The number of amides is 1. The van der Waals surface area contributed by atoms with Crippen LogP contribution in [0.2, 0.25) is 0 Å². The summed E-state index contributed by atoms with van der Waals surface area (Å²) in [4.78, 5) is 12.8. The number of nitrogens with one attached hydrogen (secondary N) is 2. The van der Waals surface area contributed by atoms with Gasteiger partial charge in [0.25, 0.3) is 0 Å². The summed E-state index contributed by atoms with van der Waals surface area (Å²) in [6.07, 6.45) is 3.01. The Morgan fingerprint density at radius 3 is 2.69 bits per heavy atom. The molecule has 1 amide bonds. The van der Waals surface area contributed by atoms with Crippen molar-refractivity contribution in [1.29, 1.82) is 0 Å². The van der Waals surface area contributed by atoms with E-state index in [1.807, 2.05) is 0 Å². The molecule has 2 heterocycles. The van der Waals surface area contributed by atoms with Gasteiger partial charge in [-0.15, -0.1) is 0 Å². The monoisotopic (exact) mass is 379 g/mol. The standard InChI is InChI=1S/C18H25N3O4S/c22-17(16-13-18(16)4-6-19-7-5-18)20-14-2-1-3-15(12-14)26(23,24)21-8-10-25-11-9-21/h1-3,12,16,19H,4-11,13H2,(H,20,22). The van der Waals surface area contributed by atoms with Crippen molar-refractivity contribution in [2.75, 3.05) is 44.7 Å². The number of anilines is 1. The van der Waals surface area contributed by atoms with Crippen molar-refractivity contribution in [3.63, 3.8) is 0 Å². The number of hydrogen-bond donors (Lipinski definition) is 2. The number of nitrogens with zero attached hydrogens (tertiary/aromatic N) is 1. The maximum atomic E-state index is 12.8. The summed E-state index contributed by atoms with van der Waals surface area (Å²) in [7, 11) is -3.56. The lowest BCUT2D eigenvalue weighted by molar-refractivity contribution is -0.118. The molecule has 7 nitrogen and oxygen atoms in total. The maximum Gasteiger partial charge on any atom is 0.243 e. The summed E-state index contributed by atoms with van der Waals surface area (Å²) >= 11 is 0. The Morgan fingerprint density at radius 1 is 1.23 bits per heavy atom. The van der Waals surface area contributed by atoms with Crippen LogP contribution in [0.15, 0.2) is 29.2 Å². The van der Waals surface area contributed by atoms with Crippen molar-refractivity contribution in [2.45, 2.75) is 24.2 Å². The Kier molecular flexibility index (Phi) is 4.77. The second kappa shape index (κ2) is 6.92. The van der Waals surface area contributed by atoms with E-state index in [1.54, 1.807) is 24.3 Å². The fraction of sp³-hybridized carbons (Fsp3) is 0.611. The first-order valence-corrected chi connectivity index (χ1v) is 10.6. The number of benzene rings is 1. The van der Waals surface area contributed by atoms with Gasteiger partial charge in [0, 0.05) is 24.7 Å². The second-order valence-corrected chi connectivity index (χ2v) is 9.34. The molecule has 2 aliphatic heterocycles. The molecule has 26 heavy (non-hydrogen) atoms. The molecule has 0 radical (unpaired) electrons. The highest BCUT2D eigenvalue weighted by Crippen LogP contribution is 2.58. The third-order valence-corrected chi connectivity index (χ3v) is 7.71. The highest BCUT2D eigenvalue weighted by Gasteiger charge is 2.57. The number of hydrogen-bond acceptors (Lipinski definition) is 5. The van der Waals surface area contributed by atoms with E-state index in [4.69, 9.17) is 4.74 Å². The first-order chi connectivity index (χ1) is 12.5. The van der Waals surface area contributed by atoms with Gasteiger partial charge in [-0.3, -0.25) is 4.79 Å². The molecule has 1 unspecified atom stereocenters. The molecule has 2 saturated heterocycles. The van der Waals surface area contributed by atoms with Crippen LogP contribution in [0.5, 0.6) is 0 Å². The molecule has 1 saturated carbocycles. The molecule has 1 spiro atoms. The van der Waals surface area contributed by atoms with E-state index in [-0.39, 0.29) is 22.1 Å². The lowest BCUT2D eigenvalue weighted by atomic mass is 9.92. The van der Waals surface area contributed by atoms with Gasteiger partial charge in [0.2, 0.25) is 15.9 Å². The molecular formula is C18H25N3O4S. The van der Waals surface area contributed by atoms with Crippen molar-refractivity contribution in [1.82, 2.24) is 9.62 Å². The molecule has 1 aliphatic carbocycles. The Bertz CT molecular complexity index is 783. The van der Waals surface area contributed by atoms with Gasteiger partial charge < -0.3 is 15.4 Å². The zero-order chi connectivity index (χ0) is 18.2. The molecule has 1 atom stereocenters. The third kappa shape index (κ3) is 3.38. The van der Waals surface area contributed by atoms with Crippen LogP contribution in [0, 0.1) is 11.3 Å². The van der Waals surface area contributed by atoms with Crippen molar-refractivity contribution < 1.29 is 17.9 Å². The number of carbonyl (C=O) groups is 1. The summed E-state index contributed by atoms with van der Waals surface area (Å²) in [6.45, 7) is 3.48. The number of piperidine rings is 1. The highest BCUT2D eigenvalue weighted by atomic mass is 32.2. The summed E-state index contributed by atoms with van der Waals surface area (Å²) in [5, 5.41) is 6.26. The second-order valence-electron chi connectivity index (χ2n) is 7.40. The van der Waals surface area contributed by atoms with Gasteiger partial charge in [-0.1, -0.05) is 6.07 Å². The Labute approximate surface area is 154 Å². The predicted molar refractivity (Wildman–Crippen MR) is 97.3 cm³/mol. The summed E-state index contributed by atoms with van der Waals surface area (Å²) < 4.78 is 32.2. The van der Waals surface area contributed by atoms with Crippen LogP contribution in [0.25, 0.3) is 0 Å². The molecule has 0 bridgehead atoms.